The molecule has 0 aliphatic heterocycles. The summed E-state index contributed by atoms with van der Waals surface area (Å²) < 4.78 is 5.33. The number of Topliss-reactive ketones (excluding diaryl/α,β-unsaturated/α-hetero) is 1. The van der Waals surface area contributed by atoms with Gasteiger partial charge in [-0.3, -0.25) is 24.0 Å². The van der Waals surface area contributed by atoms with Crippen LogP contribution in [0.4, 0.5) is 0 Å². The van der Waals surface area contributed by atoms with Gasteiger partial charge in [0.25, 0.3) is 5.91 Å². The Hall–Kier alpha value is -2.61. The van der Waals surface area contributed by atoms with Crippen LogP contribution in [0, 0.1) is 23.2 Å². The van der Waals surface area contributed by atoms with Gasteiger partial charge in [-0.25, -0.2) is 0 Å². The molecule has 0 saturated carbocycles. The molecule has 48 heavy (non-hydrogen) atoms. The number of aliphatic hydroxyl groups excluding tert-OH is 1. The molecule has 0 aromatic rings. The van der Waals surface area contributed by atoms with Crippen molar-refractivity contribution in [3.8, 4) is 0 Å². The SMILES string of the molecule is CC.CC(=O)NC(COCCN)C(C)(C)C.CCC(C)C.CCC(NC(=O)C(C[C@H](C)CO)N(C)C(=O)C(NC)C(C)C)C(=O)C(N)=O. The molecule has 0 aliphatic rings. The highest BCUT2D eigenvalue weighted by Crippen LogP contribution is 2.19. The van der Waals surface area contributed by atoms with Crippen LogP contribution in [0.15, 0.2) is 0 Å². The third-order valence-electron chi connectivity index (χ3n) is 7.37. The van der Waals surface area contributed by atoms with E-state index < -0.39 is 35.7 Å². The van der Waals surface area contributed by atoms with Gasteiger partial charge in [-0.05, 0) is 43.1 Å². The van der Waals surface area contributed by atoms with Crippen LogP contribution >= 0.6 is 0 Å². The van der Waals surface area contributed by atoms with Crippen LogP contribution in [-0.4, -0.2) is 104 Å². The average Bonchev–Trinajstić information content (AvgIpc) is 3.01. The summed E-state index contributed by atoms with van der Waals surface area (Å²) in [4.78, 5) is 60.9. The molecule has 0 fully saturated rings. The Bertz CT molecular complexity index is 893. The minimum Gasteiger partial charge on any atom is -0.396 e. The molecule has 0 saturated heterocycles. The van der Waals surface area contributed by atoms with Crippen LogP contribution in [0.2, 0.25) is 0 Å². The first kappa shape index (κ1) is 52.2. The Morgan fingerprint density at radius 1 is 0.938 bits per heavy atom. The third kappa shape index (κ3) is 24.5. The first-order valence-corrected chi connectivity index (χ1v) is 17.4. The van der Waals surface area contributed by atoms with Gasteiger partial charge in [-0.1, -0.05) is 89.5 Å². The highest BCUT2D eigenvalue weighted by atomic mass is 16.5. The van der Waals surface area contributed by atoms with Crippen molar-refractivity contribution in [3.05, 3.63) is 0 Å². The molecule has 0 aliphatic carbocycles. The fourth-order valence-corrected chi connectivity index (χ4v) is 3.84. The normalized spacial score (nSPS) is 13.9. The van der Waals surface area contributed by atoms with E-state index in [0.29, 0.717) is 19.8 Å². The fraction of sp³-hybridized carbons (Fsp3) is 0.857. The maximum Gasteiger partial charge on any atom is 0.287 e. The zero-order chi connectivity index (χ0) is 38.8. The first-order chi connectivity index (χ1) is 22.2. The van der Waals surface area contributed by atoms with Gasteiger partial charge in [0, 0.05) is 27.1 Å². The van der Waals surface area contributed by atoms with Crippen molar-refractivity contribution in [2.45, 2.75) is 133 Å². The summed E-state index contributed by atoms with van der Waals surface area (Å²) in [6.07, 6.45) is 1.71. The van der Waals surface area contributed by atoms with Gasteiger partial charge in [0.2, 0.25) is 23.5 Å². The standard InChI is InChI=1S/C18H34N4O5.C10H22N2O2.C5H12.C2H6/c1-7-12(15(24)16(19)25)21-17(26)13(8-11(4)9-23)22(6)18(27)14(20-5)10(2)3;1-8(13)12-9(10(2,3)4)7-14-6-5-11;1-4-5(2)3;1-2/h10-14,20,23H,7-9H2,1-6H3,(H2,19,25)(H,21,26);9H,5-7,11H2,1-4H3,(H,12,13);5H,4H2,1-3H3;1-2H3/t11-,12?,13?,14?;;;/m0.../s1. The van der Waals surface area contributed by atoms with Crippen LogP contribution in [0.3, 0.4) is 0 Å². The van der Waals surface area contributed by atoms with Crippen LogP contribution in [0.1, 0.15) is 109 Å². The summed E-state index contributed by atoms with van der Waals surface area (Å²) in [5.74, 6) is -2.22. The van der Waals surface area contributed by atoms with E-state index in [0.717, 1.165) is 5.92 Å². The summed E-state index contributed by atoms with van der Waals surface area (Å²) in [6.45, 7) is 26.9. The molecule has 4 amide bonds. The number of carbonyl (C=O) groups excluding carboxylic acids is 5. The zero-order valence-corrected chi connectivity index (χ0v) is 33.0. The molecule has 0 spiro atoms. The molecule has 4 unspecified atom stereocenters. The number of primary amides is 1. The van der Waals surface area contributed by atoms with Crippen molar-refractivity contribution in [2.75, 3.05) is 40.5 Å². The Labute approximate surface area is 292 Å². The van der Waals surface area contributed by atoms with Gasteiger partial charge in [-0.15, -0.1) is 0 Å². The molecule has 8 N–H and O–H groups in total. The van der Waals surface area contributed by atoms with Gasteiger partial charge >= 0.3 is 0 Å². The van der Waals surface area contributed by atoms with E-state index in [1.807, 2.05) is 27.7 Å². The smallest absolute Gasteiger partial charge is 0.287 e. The van der Waals surface area contributed by atoms with E-state index >= 15 is 0 Å². The molecule has 0 radical (unpaired) electrons. The molecule has 0 aromatic heterocycles. The number of likely N-dealkylation sites (N-methyl/N-ethyl adjacent to an activating group) is 2. The number of amides is 4. The summed E-state index contributed by atoms with van der Waals surface area (Å²) in [7, 11) is 3.18. The Balaban J connectivity index is -0.000000382. The molecule has 0 aromatic carbocycles. The number of aliphatic hydroxyl groups is 1. The average molecular weight is 691 g/mol. The molecule has 286 valence electrons. The number of ether oxygens (including phenoxy) is 1. The lowest BCUT2D eigenvalue weighted by Crippen LogP contribution is -2.57. The van der Waals surface area contributed by atoms with Crippen molar-refractivity contribution in [1.82, 2.24) is 20.9 Å². The van der Waals surface area contributed by atoms with E-state index in [2.05, 4.69) is 57.5 Å². The second-order valence-electron chi connectivity index (χ2n) is 13.5. The number of nitrogens with one attached hydrogen (secondary N) is 3. The molecule has 0 heterocycles. The fourth-order valence-electron chi connectivity index (χ4n) is 3.84. The van der Waals surface area contributed by atoms with Crippen molar-refractivity contribution in [1.29, 1.82) is 0 Å². The van der Waals surface area contributed by atoms with Gasteiger partial charge < -0.3 is 42.2 Å². The quantitative estimate of drug-likeness (QED) is 0.0922. The topological polar surface area (TPSA) is 206 Å². The molecule has 13 nitrogen and oxygen atoms in total. The van der Waals surface area contributed by atoms with Crippen molar-refractivity contribution >= 4 is 29.4 Å². The van der Waals surface area contributed by atoms with Gasteiger partial charge in [0.15, 0.2) is 0 Å². The van der Waals surface area contributed by atoms with Gasteiger partial charge in [0.1, 0.15) is 6.04 Å². The third-order valence-corrected chi connectivity index (χ3v) is 7.37. The predicted molar refractivity (Wildman–Crippen MR) is 195 cm³/mol. The Morgan fingerprint density at radius 3 is 1.75 bits per heavy atom. The minimum absolute atomic E-state index is 0.000266. The van der Waals surface area contributed by atoms with Crippen LogP contribution in [-0.2, 0) is 28.7 Å². The maximum atomic E-state index is 12.8. The largest absolute Gasteiger partial charge is 0.396 e. The van der Waals surface area contributed by atoms with Crippen LogP contribution in [0.5, 0.6) is 0 Å². The number of ketones is 1. The van der Waals surface area contributed by atoms with E-state index in [9.17, 15) is 29.1 Å². The summed E-state index contributed by atoms with van der Waals surface area (Å²) in [5, 5.41) is 17.7. The van der Waals surface area contributed by atoms with E-state index in [-0.39, 0.29) is 54.6 Å². The van der Waals surface area contributed by atoms with Crippen LogP contribution < -0.4 is 27.4 Å². The highest BCUT2D eigenvalue weighted by Gasteiger charge is 2.35. The summed E-state index contributed by atoms with van der Waals surface area (Å²) in [5.41, 5.74) is 10.3. The predicted octanol–water partition coefficient (Wildman–Crippen LogP) is 2.62. The summed E-state index contributed by atoms with van der Waals surface area (Å²) >= 11 is 0. The molecular weight excluding hydrogens is 616 g/mol. The zero-order valence-electron chi connectivity index (χ0n) is 33.0. The van der Waals surface area contributed by atoms with Crippen LogP contribution in [0.25, 0.3) is 0 Å². The van der Waals surface area contributed by atoms with E-state index in [4.69, 9.17) is 16.2 Å². The lowest BCUT2D eigenvalue weighted by Gasteiger charge is -2.33. The monoisotopic (exact) mass is 691 g/mol. The van der Waals surface area contributed by atoms with E-state index in [1.165, 1.54) is 25.3 Å². The Morgan fingerprint density at radius 2 is 1.44 bits per heavy atom. The van der Waals surface area contributed by atoms with Gasteiger partial charge in [0.05, 0.1) is 31.3 Å². The van der Waals surface area contributed by atoms with Crippen molar-refractivity contribution < 1.29 is 33.8 Å². The minimum atomic E-state index is -1.12. The molecule has 0 bridgehead atoms. The second-order valence-corrected chi connectivity index (χ2v) is 13.5. The molecule has 0 rings (SSSR count). The second kappa shape index (κ2) is 29.3. The van der Waals surface area contributed by atoms with Crippen molar-refractivity contribution in [2.24, 2.45) is 34.6 Å². The molecule has 5 atom stereocenters. The number of nitrogens with zero attached hydrogens (tertiary/aromatic N) is 1. The number of rotatable bonds is 18. The number of hydrogen-bond acceptors (Lipinski definition) is 9. The highest BCUT2D eigenvalue weighted by molar-refractivity contribution is 6.37. The number of hydrogen-bond donors (Lipinski definition) is 6. The van der Waals surface area contributed by atoms with Gasteiger partial charge in [-0.2, -0.15) is 0 Å². The number of carbonyl (C=O) groups is 5. The lowest BCUT2D eigenvalue weighted by molar-refractivity contribution is -0.143. The lowest BCUT2D eigenvalue weighted by atomic mass is 9.87. The first-order valence-electron chi connectivity index (χ1n) is 17.4. The molecule has 13 heteroatoms. The number of nitrogens with two attached hydrogens (primary N) is 2. The molecular formula is C35H74N6O7. The maximum absolute atomic E-state index is 12.8. The van der Waals surface area contributed by atoms with Crippen molar-refractivity contribution in [3.63, 3.8) is 0 Å². The van der Waals surface area contributed by atoms with E-state index in [1.54, 1.807) is 20.9 Å². The Kier molecular flexibility index (Phi) is 31.9. The summed E-state index contributed by atoms with van der Waals surface area (Å²) in [6, 6.07) is -2.39.